The van der Waals surface area contributed by atoms with Crippen LogP contribution in [0, 0.1) is 0 Å². The van der Waals surface area contributed by atoms with Crippen LogP contribution in [0.4, 0.5) is 9.93 Å². The van der Waals surface area contributed by atoms with Gasteiger partial charge in [0.05, 0.1) is 6.54 Å². The number of hydrogen-bond donors (Lipinski definition) is 2. The number of aromatic nitrogens is 1. The van der Waals surface area contributed by atoms with Crippen LogP contribution in [0.15, 0.2) is 11.6 Å². The van der Waals surface area contributed by atoms with E-state index < -0.39 is 17.5 Å². The standard InChI is InChI=1S/C15H22N6O3S/c1-3-15(2)12(23)21(13(24)17-15)18-11(22)10-19-5-7-20(8-6-19)14-16-4-9-25-14/h4,9H,3,5-8,10H2,1-2H3,(H,17,24)(H,18,22)/t15-/m1/s1. The molecule has 2 fully saturated rings. The monoisotopic (exact) mass is 366 g/mol. The van der Waals surface area contributed by atoms with Crippen molar-refractivity contribution in [2.75, 3.05) is 37.6 Å². The number of imide groups is 1. The minimum absolute atomic E-state index is 0.144. The first-order valence-corrected chi connectivity index (χ1v) is 9.14. The van der Waals surface area contributed by atoms with Crippen LogP contribution < -0.4 is 15.6 Å². The average molecular weight is 366 g/mol. The van der Waals surface area contributed by atoms with Crippen LogP contribution in [0.3, 0.4) is 0 Å². The van der Waals surface area contributed by atoms with Crippen molar-refractivity contribution >= 4 is 34.3 Å². The molecule has 1 atom stereocenters. The number of piperazine rings is 1. The molecule has 2 N–H and O–H groups in total. The molecule has 2 saturated heterocycles. The summed E-state index contributed by atoms with van der Waals surface area (Å²) in [6.45, 7) is 6.63. The molecule has 10 heteroatoms. The van der Waals surface area contributed by atoms with Crippen molar-refractivity contribution < 1.29 is 14.4 Å². The number of hydrogen-bond acceptors (Lipinski definition) is 7. The van der Waals surface area contributed by atoms with Crippen molar-refractivity contribution in [1.82, 2.24) is 25.6 Å². The van der Waals surface area contributed by atoms with Crippen LogP contribution in [0.5, 0.6) is 0 Å². The average Bonchev–Trinajstić information content (AvgIpc) is 3.20. The molecule has 9 nitrogen and oxygen atoms in total. The van der Waals surface area contributed by atoms with Crippen LogP contribution in [0.25, 0.3) is 0 Å². The number of thiazole rings is 1. The van der Waals surface area contributed by atoms with Gasteiger partial charge in [-0.2, -0.15) is 5.01 Å². The Labute approximate surface area is 149 Å². The number of carbonyl (C=O) groups is 3. The summed E-state index contributed by atoms with van der Waals surface area (Å²) in [5.41, 5.74) is 1.47. The summed E-state index contributed by atoms with van der Waals surface area (Å²) in [5.74, 6) is -0.798. The third-order valence-electron chi connectivity index (χ3n) is 4.63. The van der Waals surface area contributed by atoms with Crippen LogP contribution in [0.1, 0.15) is 20.3 Å². The summed E-state index contributed by atoms with van der Waals surface area (Å²) in [5, 5.41) is 6.33. The predicted octanol–water partition coefficient (Wildman–Crippen LogP) is 0.0168. The molecule has 0 spiro atoms. The molecule has 0 aliphatic carbocycles. The Balaban J connectivity index is 1.49. The third-order valence-corrected chi connectivity index (χ3v) is 5.47. The van der Waals surface area contributed by atoms with Gasteiger partial charge in [-0.25, -0.2) is 9.78 Å². The smallest absolute Gasteiger partial charge is 0.344 e. The van der Waals surface area contributed by atoms with Gasteiger partial charge < -0.3 is 10.2 Å². The fraction of sp³-hybridized carbons (Fsp3) is 0.600. The second-order valence-corrected chi connectivity index (χ2v) is 7.24. The van der Waals surface area contributed by atoms with Crippen LogP contribution in [-0.2, 0) is 9.59 Å². The van der Waals surface area contributed by atoms with Gasteiger partial charge >= 0.3 is 6.03 Å². The lowest BCUT2D eigenvalue weighted by Gasteiger charge is -2.34. The van der Waals surface area contributed by atoms with E-state index in [-0.39, 0.29) is 12.5 Å². The summed E-state index contributed by atoms with van der Waals surface area (Å²) in [7, 11) is 0. The molecule has 3 heterocycles. The number of hydrazine groups is 1. The van der Waals surface area contributed by atoms with Crippen molar-refractivity contribution in [3.05, 3.63) is 11.6 Å². The highest BCUT2D eigenvalue weighted by Gasteiger charge is 2.47. The minimum atomic E-state index is -0.955. The molecular weight excluding hydrogens is 344 g/mol. The Hall–Kier alpha value is -2.20. The molecular formula is C15H22N6O3S. The van der Waals surface area contributed by atoms with E-state index in [0.29, 0.717) is 6.42 Å². The Morgan fingerprint density at radius 3 is 2.64 bits per heavy atom. The number of urea groups is 1. The van der Waals surface area contributed by atoms with E-state index in [1.807, 2.05) is 17.2 Å². The second-order valence-electron chi connectivity index (χ2n) is 6.37. The van der Waals surface area contributed by atoms with E-state index in [4.69, 9.17) is 0 Å². The topological polar surface area (TPSA) is 97.9 Å². The maximum atomic E-state index is 12.3. The van der Waals surface area contributed by atoms with E-state index in [1.165, 1.54) is 0 Å². The van der Waals surface area contributed by atoms with Crippen molar-refractivity contribution in [3.8, 4) is 0 Å². The van der Waals surface area contributed by atoms with Crippen LogP contribution in [-0.4, -0.2) is 71.0 Å². The van der Waals surface area contributed by atoms with E-state index >= 15 is 0 Å². The van der Waals surface area contributed by atoms with Gasteiger partial charge in [0.2, 0.25) is 0 Å². The zero-order valence-electron chi connectivity index (χ0n) is 14.3. The molecule has 0 aromatic carbocycles. The zero-order chi connectivity index (χ0) is 18.0. The maximum absolute atomic E-state index is 12.3. The SMILES string of the molecule is CC[C@@]1(C)NC(=O)N(NC(=O)CN2CCN(c3nccs3)CC2)C1=O. The Kier molecular flexibility index (Phi) is 4.91. The van der Waals surface area contributed by atoms with Crippen molar-refractivity contribution in [2.24, 2.45) is 0 Å². The Bertz CT molecular complexity index is 658. The quantitative estimate of drug-likeness (QED) is 0.713. The number of amides is 4. The number of nitrogens with zero attached hydrogens (tertiary/aromatic N) is 4. The molecule has 2 aliphatic heterocycles. The van der Waals surface area contributed by atoms with Gasteiger partial charge in [0.25, 0.3) is 11.8 Å². The second kappa shape index (κ2) is 6.96. The fourth-order valence-electron chi connectivity index (χ4n) is 2.86. The molecule has 4 amide bonds. The summed E-state index contributed by atoms with van der Waals surface area (Å²) >= 11 is 1.60. The maximum Gasteiger partial charge on any atom is 0.344 e. The van der Waals surface area contributed by atoms with Gasteiger partial charge in [-0.05, 0) is 13.3 Å². The molecule has 0 unspecified atom stereocenters. The molecule has 2 aliphatic rings. The largest absolute Gasteiger partial charge is 0.346 e. The lowest BCUT2D eigenvalue weighted by Crippen LogP contribution is -2.54. The van der Waals surface area contributed by atoms with Crippen molar-refractivity contribution in [2.45, 2.75) is 25.8 Å². The first-order chi connectivity index (χ1) is 11.9. The fourth-order valence-corrected chi connectivity index (χ4v) is 3.55. The van der Waals surface area contributed by atoms with Gasteiger partial charge in [-0.3, -0.25) is 19.9 Å². The predicted molar refractivity (Wildman–Crippen MR) is 93.0 cm³/mol. The van der Waals surface area contributed by atoms with Crippen LogP contribution >= 0.6 is 11.3 Å². The molecule has 3 rings (SSSR count). The van der Waals surface area contributed by atoms with Crippen LogP contribution in [0.2, 0.25) is 0 Å². The van der Waals surface area contributed by atoms with E-state index in [2.05, 4.69) is 20.6 Å². The van der Waals surface area contributed by atoms with Gasteiger partial charge in [0.15, 0.2) is 5.13 Å². The molecule has 1 aromatic heterocycles. The van der Waals surface area contributed by atoms with E-state index in [9.17, 15) is 14.4 Å². The van der Waals surface area contributed by atoms with Gasteiger partial charge in [-0.15, -0.1) is 11.3 Å². The molecule has 0 radical (unpaired) electrons. The van der Waals surface area contributed by atoms with Gasteiger partial charge in [-0.1, -0.05) is 6.92 Å². The normalized spacial score (nSPS) is 24.6. The summed E-state index contributed by atoms with van der Waals surface area (Å²) < 4.78 is 0. The number of nitrogens with one attached hydrogen (secondary N) is 2. The molecule has 0 bridgehead atoms. The minimum Gasteiger partial charge on any atom is -0.346 e. The molecule has 0 saturated carbocycles. The summed E-state index contributed by atoms with van der Waals surface area (Å²) in [6.07, 6.45) is 2.24. The van der Waals surface area contributed by atoms with E-state index in [1.54, 1.807) is 24.5 Å². The highest BCUT2D eigenvalue weighted by molar-refractivity contribution is 7.13. The summed E-state index contributed by atoms with van der Waals surface area (Å²) in [6, 6.07) is -0.587. The summed E-state index contributed by atoms with van der Waals surface area (Å²) in [4.78, 5) is 44.9. The first-order valence-electron chi connectivity index (χ1n) is 8.26. The lowest BCUT2D eigenvalue weighted by molar-refractivity contribution is -0.139. The highest BCUT2D eigenvalue weighted by Crippen LogP contribution is 2.20. The number of carbonyl (C=O) groups excluding carboxylic acids is 3. The Morgan fingerprint density at radius 2 is 2.08 bits per heavy atom. The van der Waals surface area contributed by atoms with Gasteiger partial charge in [0, 0.05) is 37.8 Å². The molecule has 136 valence electrons. The Morgan fingerprint density at radius 1 is 1.36 bits per heavy atom. The lowest BCUT2D eigenvalue weighted by atomic mass is 10.00. The van der Waals surface area contributed by atoms with E-state index in [0.717, 1.165) is 36.3 Å². The van der Waals surface area contributed by atoms with Crippen molar-refractivity contribution in [3.63, 3.8) is 0 Å². The zero-order valence-corrected chi connectivity index (χ0v) is 15.1. The first kappa shape index (κ1) is 17.6. The number of rotatable bonds is 5. The molecule has 1 aromatic rings. The highest BCUT2D eigenvalue weighted by atomic mass is 32.1. The number of anilines is 1. The third kappa shape index (κ3) is 3.59. The molecule has 25 heavy (non-hydrogen) atoms. The van der Waals surface area contributed by atoms with Gasteiger partial charge in [0.1, 0.15) is 5.54 Å². The van der Waals surface area contributed by atoms with Crippen molar-refractivity contribution in [1.29, 1.82) is 0 Å².